The largest absolute Gasteiger partial charge is 0.364 e. The molecule has 1 heterocycles. The molecular formula is C17H14Cl2N2O. The molecule has 0 fully saturated rings. The standard InChI is InChI=1S/C17H14Cl2N2O/c18-13-6-5-11(9-14(13)19)7-8-21-15-4-2-1-3-12(15)10-16(21)17(20)22/h1-6,9-10H,7-8H2,(H2,20,22). The molecule has 0 saturated heterocycles. The number of rotatable bonds is 4. The van der Waals surface area contributed by atoms with E-state index in [9.17, 15) is 4.79 Å². The first kappa shape index (κ1) is 14.9. The molecular weight excluding hydrogens is 319 g/mol. The molecule has 2 N–H and O–H groups in total. The smallest absolute Gasteiger partial charge is 0.265 e. The van der Waals surface area contributed by atoms with Gasteiger partial charge < -0.3 is 10.3 Å². The fraction of sp³-hybridized carbons (Fsp3) is 0.118. The molecule has 0 aliphatic carbocycles. The minimum atomic E-state index is -0.426. The Morgan fingerprint density at radius 3 is 2.55 bits per heavy atom. The zero-order valence-corrected chi connectivity index (χ0v) is 13.2. The van der Waals surface area contributed by atoms with Crippen molar-refractivity contribution < 1.29 is 4.79 Å². The Bertz CT molecular complexity index is 855. The average Bonchev–Trinajstić information content (AvgIpc) is 2.87. The number of hydrogen-bond donors (Lipinski definition) is 1. The lowest BCUT2D eigenvalue weighted by molar-refractivity contribution is 0.0992. The summed E-state index contributed by atoms with van der Waals surface area (Å²) in [6.07, 6.45) is 0.732. The van der Waals surface area contributed by atoms with Crippen LogP contribution in [0.4, 0.5) is 0 Å². The van der Waals surface area contributed by atoms with Crippen LogP contribution in [0.2, 0.25) is 10.0 Å². The highest BCUT2D eigenvalue weighted by atomic mass is 35.5. The summed E-state index contributed by atoms with van der Waals surface area (Å²) in [6, 6.07) is 15.2. The zero-order valence-electron chi connectivity index (χ0n) is 11.7. The molecule has 3 aromatic rings. The number of amides is 1. The summed E-state index contributed by atoms with van der Waals surface area (Å²) in [5.74, 6) is -0.426. The fourth-order valence-electron chi connectivity index (χ4n) is 2.59. The van der Waals surface area contributed by atoms with Crippen LogP contribution in [0.15, 0.2) is 48.5 Å². The van der Waals surface area contributed by atoms with Crippen molar-refractivity contribution in [2.75, 3.05) is 0 Å². The van der Waals surface area contributed by atoms with Crippen LogP contribution in [0, 0.1) is 0 Å². The molecule has 0 unspecified atom stereocenters. The van der Waals surface area contributed by atoms with Gasteiger partial charge in [-0.1, -0.05) is 47.5 Å². The maximum Gasteiger partial charge on any atom is 0.265 e. The third-order valence-corrected chi connectivity index (χ3v) is 4.41. The zero-order chi connectivity index (χ0) is 15.7. The number of nitrogens with zero attached hydrogens (tertiary/aromatic N) is 1. The molecule has 5 heteroatoms. The molecule has 0 aliphatic rings. The summed E-state index contributed by atoms with van der Waals surface area (Å²) in [6.45, 7) is 0.643. The van der Waals surface area contributed by atoms with E-state index in [2.05, 4.69) is 0 Å². The van der Waals surface area contributed by atoms with E-state index in [0.29, 0.717) is 22.3 Å². The lowest BCUT2D eigenvalue weighted by atomic mass is 10.1. The van der Waals surface area contributed by atoms with Crippen LogP contribution in [0.3, 0.4) is 0 Å². The number of carbonyl (C=O) groups excluding carboxylic acids is 1. The van der Waals surface area contributed by atoms with Crippen LogP contribution >= 0.6 is 23.2 Å². The van der Waals surface area contributed by atoms with E-state index in [1.54, 1.807) is 6.07 Å². The highest BCUT2D eigenvalue weighted by molar-refractivity contribution is 6.42. The van der Waals surface area contributed by atoms with Gasteiger partial charge >= 0.3 is 0 Å². The Hall–Kier alpha value is -1.97. The molecule has 0 atom stereocenters. The number of aryl methyl sites for hydroxylation is 2. The Balaban J connectivity index is 1.94. The first-order valence-electron chi connectivity index (χ1n) is 6.88. The minimum Gasteiger partial charge on any atom is -0.364 e. The highest BCUT2D eigenvalue weighted by Gasteiger charge is 2.12. The van der Waals surface area contributed by atoms with Gasteiger partial charge in [-0.2, -0.15) is 0 Å². The molecule has 22 heavy (non-hydrogen) atoms. The molecule has 2 aromatic carbocycles. The van der Waals surface area contributed by atoms with Crippen LogP contribution in [-0.2, 0) is 13.0 Å². The SMILES string of the molecule is NC(=O)c1cc2ccccc2n1CCc1ccc(Cl)c(Cl)c1. The lowest BCUT2D eigenvalue weighted by Gasteiger charge is -2.09. The van der Waals surface area contributed by atoms with Crippen LogP contribution in [0.5, 0.6) is 0 Å². The van der Waals surface area contributed by atoms with Crippen LogP contribution in [0.1, 0.15) is 16.1 Å². The minimum absolute atomic E-state index is 0.426. The second kappa shape index (κ2) is 6.03. The Morgan fingerprint density at radius 2 is 1.82 bits per heavy atom. The summed E-state index contributed by atoms with van der Waals surface area (Å²) < 4.78 is 1.94. The summed E-state index contributed by atoms with van der Waals surface area (Å²) in [4.78, 5) is 11.7. The van der Waals surface area contributed by atoms with Gasteiger partial charge in [0.05, 0.1) is 10.0 Å². The third-order valence-electron chi connectivity index (χ3n) is 3.67. The third kappa shape index (κ3) is 2.82. The number of halogens is 2. The second-order valence-corrected chi connectivity index (χ2v) is 5.92. The predicted octanol–water partition coefficient (Wildman–Crippen LogP) is 4.29. The molecule has 0 spiro atoms. The first-order valence-corrected chi connectivity index (χ1v) is 7.64. The number of nitrogens with two attached hydrogens (primary N) is 1. The molecule has 3 nitrogen and oxygen atoms in total. The predicted molar refractivity (Wildman–Crippen MR) is 90.6 cm³/mol. The molecule has 1 aromatic heterocycles. The van der Waals surface area contributed by atoms with Gasteiger partial charge in [0.15, 0.2) is 0 Å². The van der Waals surface area contributed by atoms with Crippen molar-refractivity contribution in [2.45, 2.75) is 13.0 Å². The highest BCUT2D eigenvalue weighted by Crippen LogP contribution is 2.24. The number of primary amides is 1. The van der Waals surface area contributed by atoms with Crippen molar-refractivity contribution in [2.24, 2.45) is 5.73 Å². The van der Waals surface area contributed by atoms with Crippen molar-refractivity contribution in [3.05, 3.63) is 69.8 Å². The first-order chi connectivity index (χ1) is 10.6. The van der Waals surface area contributed by atoms with Gasteiger partial charge in [-0.15, -0.1) is 0 Å². The molecule has 1 amide bonds. The van der Waals surface area contributed by atoms with E-state index in [1.807, 2.05) is 47.0 Å². The number of benzene rings is 2. The van der Waals surface area contributed by atoms with Crippen LogP contribution < -0.4 is 5.73 Å². The molecule has 112 valence electrons. The maximum atomic E-state index is 11.7. The summed E-state index contributed by atoms with van der Waals surface area (Å²) in [5.41, 5.74) is 8.06. The van der Waals surface area contributed by atoms with Crippen molar-refractivity contribution >= 4 is 40.0 Å². The normalized spacial score (nSPS) is 11.0. The van der Waals surface area contributed by atoms with Gasteiger partial charge in [-0.3, -0.25) is 4.79 Å². The summed E-state index contributed by atoms with van der Waals surface area (Å²) >= 11 is 12.0. The van der Waals surface area contributed by atoms with Gasteiger partial charge in [-0.05, 0) is 36.2 Å². The topological polar surface area (TPSA) is 48.0 Å². The average molecular weight is 333 g/mol. The van der Waals surface area contributed by atoms with Gasteiger partial charge in [0.2, 0.25) is 0 Å². The fourth-order valence-corrected chi connectivity index (χ4v) is 2.91. The van der Waals surface area contributed by atoms with Gasteiger partial charge in [0, 0.05) is 17.4 Å². The number of hydrogen-bond acceptors (Lipinski definition) is 1. The van der Waals surface area contributed by atoms with Crippen molar-refractivity contribution in [1.82, 2.24) is 4.57 Å². The van der Waals surface area contributed by atoms with Gasteiger partial charge in [-0.25, -0.2) is 0 Å². The number of para-hydroxylation sites is 1. The molecule has 3 rings (SSSR count). The van der Waals surface area contributed by atoms with E-state index < -0.39 is 5.91 Å². The Labute approximate surface area is 138 Å². The number of carbonyl (C=O) groups is 1. The van der Waals surface area contributed by atoms with E-state index in [0.717, 1.165) is 22.9 Å². The Kier molecular flexibility index (Phi) is 4.10. The number of aromatic nitrogens is 1. The Morgan fingerprint density at radius 1 is 1.05 bits per heavy atom. The molecule has 0 saturated carbocycles. The van der Waals surface area contributed by atoms with E-state index in [1.165, 1.54) is 0 Å². The molecule has 0 radical (unpaired) electrons. The van der Waals surface area contributed by atoms with Crippen molar-refractivity contribution in [3.63, 3.8) is 0 Å². The summed E-state index contributed by atoms with van der Waals surface area (Å²) in [5, 5.41) is 2.08. The lowest BCUT2D eigenvalue weighted by Crippen LogP contribution is -2.17. The van der Waals surface area contributed by atoms with E-state index >= 15 is 0 Å². The van der Waals surface area contributed by atoms with Gasteiger partial charge in [0.1, 0.15) is 5.69 Å². The van der Waals surface area contributed by atoms with E-state index in [4.69, 9.17) is 28.9 Å². The maximum absolute atomic E-state index is 11.7. The molecule has 0 bridgehead atoms. The van der Waals surface area contributed by atoms with Crippen molar-refractivity contribution in [3.8, 4) is 0 Å². The number of fused-ring (bicyclic) bond motifs is 1. The van der Waals surface area contributed by atoms with Crippen LogP contribution in [0.25, 0.3) is 10.9 Å². The quantitative estimate of drug-likeness (QED) is 0.761. The van der Waals surface area contributed by atoms with Crippen LogP contribution in [-0.4, -0.2) is 10.5 Å². The second-order valence-electron chi connectivity index (χ2n) is 5.10. The van der Waals surface area contributed by atoms with Gasteiger partial charge in [0.25, 0.3) is 5.91 Å². The molecule has 0 aliphatic heterocycles. The monoisotopic (exact) mass is 332 g/mol. The summed E-state index contributed by atoms with van der Waals surface area (Å²) in [7, 11) is 0. The van der Waals surface area contributed by atoms with E-state index in [-0.39, 0.29) is 0 Å². The van der Waals surface area contributed by atoms with Crippen molar-refractivity contribution in [1.29, 1.82) is 0 Å².